The van der Waals surface area contributed by atoms with Gasteiger partial charge in [0.2, 0.25) is 0 Å². The Morgan fingerprint density at radius 2 is 2.12 bits per heavy atom. The molecule has 0 aliphatic heterocycles. The molecule has 0 saturated heterocycles. The molecule has 0 radical (unpaired) electrons. The van der Waals surface area contributed by atoms with Crippen LogP contribution in [0.3, 0.4) is 0 Å². The van der Waals surface area contributed by atoms with Crippen LogP contribution in [0.25, 0.3) is 0 Å². The van der Waals surface area contributed by atoms with Crippen LogP contribution in [-0.2, 0) is 0 Å². The fraction of sp³-hybridized carbons (Fsp3) is 0.545. The molecule has 0 unspecified atom stereocenters. The molecule has 0 atom stereocenters. The van der Waals surface area contributed by atoms with E-state index in [0.29, 0.717) is 12.5 Å². The van der Waals surface area contributed by atoms with Crippen LogP contribution < -0.4 is 10.6 Å². The summed E-state index contributed by atoms with van der Waals surface area (Å²) in [5.41, 5.74) is 1.14. The van der Waals surface area contributed by atoms with Crippen molar-refractivity contribution in [1.29, 1.82) is 0 Å². The molecule has 16 heavy (non-hydrogen) atoms. The molecule has 3 nitrogen and oxygen atoms in total. The number of hydrogen-bond donors (Lipinski definition) is 2. The molecule has 0 fully saturated rings. The lowest BCUT2D eigenvalue weighted by Gasteiger charge is -2.07. The van der Waals surface area contributed by atoms with E-state index in [-0.39, 0.29) is 18.3 Å². The lowest BCUT2D eigenvalue weighted by Crippen LogP contribution is -2.30. The predicted molar refractivity (Wildman–Crippen MR) is 71.9 cm³/mol. The normalized spacial score (nSPS) is 10.0. The van der Waals surface area contributed by atoms with E-state index in [1.165, 1.54) is 11.3 Å². The number of amides is 1. The van der Waals surface area contributed by atoms with Gasteiger partial charge in [-0.1, -0.05) is 13.8 Å². The first-order valence-corrected chi connectivity index (χ1v) is 6.05. The fourth-order valence-corrected chi connectivity index (χ4v) is 2.31. The monoisotopic (exact) mass is 262 g/mol. The van der Waals surface area contributed by atoms with Gasteiger partial charge >= 0.3 is 0 Å². The van der Waals surface area contributed by atoms with Crippen molar-refractivity contribution in [3.8, 4) is 0 Å². The molecule has 1 aromatic heterocycles. The van der Waals surface area contributed by atoms with Crippen LogP contribution in [0.5, 0.6) is 0 Å². The molecule has 1 rings (SSSR count). The van der Waals surface area contributed by atoms with E-state index in [4.69, 9.17) is 0 Å². The Morgan fingerprint density at radius 3 is 2.69 bits per heavy atom. The van der Waals surface area contributed by atoms with Crippen LogP contribution in [-0.4, -0.2) is 26.0 Å². The summed E-state index contributed by atoms with van der Waals surface area (Å²) in [6, 6.07) is 2.03. The van der Waals surface area contributed by atoms with Crippen molar-refractivity contribution in [3.63, 3.8) is 0 Å². The number of rotatable bonds is 5. The highest BCUT2D eigenvalue weighted by molar-refractivity contribution is 7.12. The molecule has 1 amide bonds. The molecule has 0 aliphatic carbocycles. The molecule has 5 heteroatoms. The van der Waals surface area contributed by atoms with Crippen molar-refractivity contribution in [2.75, 3.05) is 20.1 Å². The van der Waals surface area contributed by atoms with Gasteiger partial charge in [0.1, 0.15) is 0 Å². The quantitative estimate of drug-likeness (QED) is 0.799. The molecular weight excluding hydrogens is 244 g/mol. The van der Waals surface area contributed by atoms with Gasteiger partial charge in [0.25, 0.3) is 5.91 Å². The van der Waals surface area contributed by atoms with Gasteiger partial charge in [0, 0.05) is 13.1 Å². The Bertz CT molecular complexity index is 326. The smallest absolute Gasteiger partial charge is 0.261 e. The second-order valence-electron chi connectivity index (χ2n) is 3.72. The summed E-state index contributed by atoms with van der Waals surface area (Å²) in [4.78, 5) is 12.6. The molecule has 0 bridgehead atoms. The van der Waals surface area contributed by atoms with Crippen LogP contribution in [0, 0.1) is 0 Å². The van der Waals surface area contributed by atoms with E-state index in [9.17, 15) is 4.79 Å². The van der Waals surface area contributed by atoms with E-state index in [1.54, 1.807) is 0 Å². The first-order valence-electron chi connectivity index (χ1n) is 5.17. The van der Waals surface area contributed by atoms with Gasteiger partial charge in [0.05, 0.1) is 4.88 Å². The first kappa shape index (κ1) is 15.4. The molecule has 1 heterocycles. The van der Waals surface area contributed by atoms with Crippen LogP contribution >= 0.6 is 23.7 Å². The van der Waals surface area contributed by atoms with Crippen molar-refractivity contribution in [3.05, 3.63) is 21.9 Å². The molecule has 0 aromatic carbocycles. The number of likely N-dealkylation sites (N-methyl/N-ethyl adjacent to an activating group) is 1. The van der Waals surface area contributed by atoms with Gasteiger partial charge in [-0.25, -0.2) is 0 Å². The molecule has 0 aliphatic rings. The van der Waals surface area contributed by atoms with Crippen LogP contribution in [0.15, 0.2) is 11.4 Å². The van der Waals surface area contributed by atoms with E-state index in [1.807, 2.05) is 18.5 Å². The lowest BCUT2D eigenvalue weighted by molar-refractivity contribution is 0.0957. The van der Waals surface area contributed by atoms with E-state index in [2.05, 4.69) is 24.5 Å². The fourth-order valence-electron chi connectivity index (χ4n) is 1.34. The number of carbonyl (C=O) groups is 1. The Kier molecular flexibility index (Phi) is 7.38. The SMILES string of the molecule is CNCCNC(=O)c1sccc1C(C)C.Cl. The zero-order valence-electron chi connectivity index (χ0n) is 9.87. The predicted octanol–water partition coefficient (Wildman–Crippen LogP) is 2.24. The van der Waals surface area contributed by atoms with Gasteiger partial charge in [0.15, 0.2) is 0 Å². The summed E-state index contributed by atoms with van der Waals surface area (Å²) >= 11 is 1.51. The summed E-state index contributed by atoms with van der Waals surface area (Å²) < 4.78 is 0. The number of thiophene rings is 1. The third-order valence-corrected chi connectivity index (χ3v) is 3.11. The maximum Gasteiger partial charge on any atom is 0.261 e. The second-order valence-corrected chi connectivity index (χ2v) is 4.64. The van der Waals surface area contributed by atoms with Gasteiger partial charge in [-0.2, -0.15) is 0 Å². The standard InChI is InChI=1S/C11H18N2OS.ClH/c1-8(2)9-4-7-15-10(9)11(14)13-6-5-12-3;/h4,7-8,12H,5-6H2,1-3H3,(H,13,14);1H. The third-order valence-electron chi connectivity index (χ3n) is 2.18. The van der Waals surface area contributed by atoms with Gasteiger partial charge < -0.3 is 10.6 Å². The Labute approximate surface area is 107 Å². The van der Waals surface area contributed by atoms with E-state index in [0.717, 1.165) is 17.0 Å². The molecule has 92 valence electrons. The summed E-state index contributed by atoms with van der Waals surface area (Å²) in [6.45, 7) is 5.68. The summed E-state index contributed by atoms with van der Waals surface area (Å²) in [5, 5.41) is 7.86. The van der Waals surface area contributed by atoms with Crippen molar-refractivity contribution in [2.45, 2.75) is 19.8 Å². The highest BCUT2D eigenvalue weighted by Gasteiger charge is 2.14. The average molecular weight is 263 g/mol. The van der Waals surface area contributed by atoms with Crippen LogP contribution in [0.2, 0.25) is 0 Å². The van der Waals surface area contributed by atoms with Crippen LogP contribution in [0.4, 0.5) is 0 Å². The first-order chi connectivity index (χ1) is 7.16. The highest BCUT2D eigenvalue weighted by atomic mass is 35.5. The van der Waals surface area contributed by atoms with Crippen molar-refractivity contribution in [1.82, 2.24) is 10.6 Å². The van der Waals surface area contributed by atoms with Crippen molar-refractivity contribution in [2.24, 2.45) is 0 Å². The molecule has 2 N–H and O–H groups in total. The minimum atomic E-state index is 0. The van der Waals surface area contributed by atoms with Gasteiger partial charge in [-0.15, -0.1) is 23.7 Å². The highest BCUT2D eigenvalue weighted by Crippen LogP contribution is 2.24. The number of hydrogen-bond acceptors (Lipinski definition) is 3. The number of nitrogens with one attached hydrogen (secondary N) is 2. The Balaban J connectivity index is 0.00000225. The average Bonchev–Trinajstić information content (AvgIpc) is 2.66. The minimum absolute atomic E-state index is 0. The minimum Gasteiger partial charge on any atom is -0.350 e. The maximum atomic E-state index is 11.8. The zero-order valence-corrected chi connectivity index (χ0v) is 11.5. The van der Waals surface area contributed by atoms with Crippen LogP contribution in [0.1, 0.15) is 35.0 Å². The molecule has 0 saturated carbocycles. The largest absolute Gasteiger partial charge is 0.350 e. The van der Waals surface area contributed by atoms with E-state index >= 15 is 0 Å². The molecule has 0 spiro atoms. The van der Waals surface area contributed by atoms with Crippen molar-refractivity contribution >= 4 is 29.7 Å². The zero-order chi connectivity index (χ0) is 11.3. The topological polar surface area (TPSA) is 41.1 Å². The van der Waals surface area contributed by atoms with Crippen molar-refractivity contribution < 1.29 is 4.79 Å². The lowest BCUT2D eigenvalue weighted by atomic mass is 10.0. The second kappa shape index (κ2) is 7.65. The summed E-state index contributed by atoms with van der Waals surface area (Å²) in [6.07, 6.45) is 0. The summed E-state index contributed by atoms with van der Waals surface area (Å²) in [7, 11) is 1.87. The van der Waals surface area contributed by atoms with Gasteiger partial charge in [-0.05, 0) is 30.0 Å². The Hall–Kier alpha value is -0.580. The molecule has 1 aromatic rings. The Morgan fingerprint density at radius 1 is 1.44 bits per heavy atom. The third kappa shape index (κ3) is 4.12. The summed E-state index contributed by atoms with van der Waals surface area (Å²) in [5.74, 6) is 0.449. The number of halogens is 1. The van der Waals surface area contributed by atoms with E-state index < -0.39 is 0 Å². The molecular formula is C11H19ClN2OS. The number of carbonyl (C=O) groups excluding carboxylic acids is 1. The van der Waals surface area contributed by atoms with Gasteiger partial charge in [-0.3, -0.25) is 4.79 Å². The maximum absolute atomic E-state index is 11.8.